The summed E-state index contributed by atoms with van der Waals surface area (Å²) in [5, 5.41) is 0. The van der Waals surface area contributed by atoms with Crippen molar-refractivity contribution >= 4 is 10.8 Å². The van der Waals surface area contributed by atoms with Crippen LogP contribution in [0.2, 0.25) is 0 Å². The molecule has 3 nitrogen and oxygen atoms in total. The van der Waals surface area contributed by atoms with Crippen LogP contribution in [0.4, 0.5) is 0 Å². The molecule has 0 aliphatic carbocycles. The first-order valence-corrected chi connectivity index (χ1v) is 4.90. The molecule has 0 radical (unpaired) electrons. The first-order valence-electron chi connectivity index (χ1n) is 3.41. The zero-order valence-corrected chi connectivity index (χ0v) is 6.86. The van der Waals surface area contributed by atoms with Crippen molar-refractivity contribution in [2.75, 3.05) is 24.7 Å². The van der Waals surface area contributed by atoms with Gasteiger partial charge in [-0.2, -0.15) is 0 Å². The second-order valence-corrected chi connectivity index (χ2v) is 3.86. The largest absolute Gasteiger partial charge is 0.349 e. The van der Waals surface area contributed by atoms with Gasteiger partial charge in [0.15, 0.2) is 6.29 Å². The van der Waals surface area contributed by atoms with Gasteiger partial charge in [0, 0.05) is 16.6 Å². The molecule has 10 heavy (non-hydrogen) atoms. The zero-order chi connectivity index (χ0) is 7.40. The lowest BCUT2D eigenvalue weighted by atomic mass is 10.8. The van der Waals surface area contributed by atoms with Crippen LogP contribution < -0.4 is 0 Å². The first-order chi connectivity index (χ1) is 4.83. The molecule has 1 saturated heterocycles. The normalized spacial score (nSPS) is 23.3. The maximum atomic E-state index is 10.9. The lowest BCUT2D eigenvalue weighted by Crippen LogP contribution is -2.18. The highest BCUT2D eigenvalue weighted by Gasteiger charge is 2.17. The van der Waals surface area contributed by atoms with E-state index < -0.39 is 10.8 Å². The summed E-state index contributed by atoms with van der Waals surface area (Å²) >= 11 is 0. The summed E-state index contributed by atoms with van der Waals surface area (Å²) in [4.78, 5) is 0. The molecule has 4 heteroatoms. The van der Waals surface area contributed by atoms with E-state index >= 15 is 0 Å². The van der Waals surface area contributed by atoms with Crippen LogP contribution in [0.1, 0.15) is 6.92 Å². The molecule has 0 saturated carbocycles. The second-order valence-electron chi connectivity index (χ2n) is 2.07. The Bertz CT molecular complexity index is 120. The first kappa shape index (κ1) is 8.17. The summed E-state index contributed by atoms with van der Waals surface area (Å²) in [6.45, 7) is 3.18. The molecule has 0 bridgehead atoms. The average molecular weight is 164 g/mol. The highest BCUT2D eigenvalue weighted by molar-refractivity contribution is 7.84. The molecule has 0 aromatic heterocycles. The van der Waals surface area contributed by atoms with Gasteiger partial charge in [-0.1, -0.05) is 6.92 Å². The van der Waals surface area contributed by atoms with Gasteiger partial charge in [-0.25, -0.2) is 0 Å². The maximum absolute atomic E-state index is 10.9. The minimum atomic E-state index is -0.767. The van der Waals surface area contributed by atoms with Crippen LogP contribution in [0.5, 0.6) is 0 Å². The van der Waals surface area contributed by atoms with Gasteiger partial charge in [0.2, 0.25) is 0 Å². The molecule has 0 N–H and O–H groups in total. The van der Waals surface area contributed by atoms with Crippen molar-refractivity contribution in [2.24, 2.45) is 0 Å². The Hall–Kier alpha value is 0.0700. The lowest BCUT2D eigenvalue weighted by molar-refractivity contribution is -0.0220. The molecule has 0 aromatic rings. The van der Waals surface area contributed by atoms with Gasteiger partial charge in [-0.05, 0) is 0 Å². The van der Waals surface area contributed by atoms with Crippen LogP contribution >= 0.6 is 0 Å². The van der Waals surface area contributed by atoms with Gasteiger partial charge >= 0.3 is 0 Å². The molecule has 1 fully saturated rings. The molecule has 1 unspecified atom stereocenters. The Morgan fingerprint density at radius 2 is 2.10 bits per heavy atom. The molecule has 1 aliphatic heterocycles. The number of hydrogen-bond acceptors (Lipinski definition) is 3. The summed E-state index contributed by atoms with van der Waals surface area (Å²) < 4.78 is 21.1. The molecule has 1 aliphatic rings. The van der Waals surface area contributed by atoms with Gasteiger partial charge in [-0.15, -0.1) is 0 Å². The lowest BCUT2D eigenvalue weighted by Gasteiger charge is -2.06. The van der Waals surface area contributed by atoms with Crippen molar-refractivity contribution in [3.05, 3.63) is 0 Å². The summed E-state index contributed by atoms with van der Waals surface area (Å²) in [6, 6.07) is 0. The summed E-state index contributed by atoms with van der Waals surface area (Å²) in [6.07, 6.45) is -0.208. The monoisotopic (exact) mass is 164 g/mol. The number of rotatable bonds is 3. The van der Waals surface area contributed by atoms with E-state index in [2.05, 4.69) is 0 Å². The molecule has 0 aromatic carbocycles. The number of ether oxygens (including phenoxy) is 2. The fourth-order valence-electron chi connectivity index (χ4n) is 0.773. The second kappa shape index (κ2) is 4.05. The third-order valence-corrected chi connectivity index (χ3v) is 2.62. The van der Waals surface area contributed by atoms with Crippen molar-refractivity contribution < 1.29 is 13.7 Å². The van der Waals surface area contributed by atoms with Gasteiger partial charge in [0.25, 0.3) is 0 Å². The van der Waals surface area contributed by atoms with Gasteiger partial charge in [0.05, 0.1) is 19.0 Å². The molecule has 1 atom stereocenters. The Morgan fingerprint density at radius 3 is 2.60 bits per heavy atom. The van der Waals surface area contributed by atoms with Crippen LogP contribution in [0.3, 0.4) is 0 Å². The number of hydrogen-bond donors (Lipinski definition) is 0. The fraction of sp³-hybridized carbons (Fsp3) is 1.00. The third kappa shape index (κ3) is 2.36. The molecule has 60 valence electrons. The minimum Gasteiger partial charge on any atom is -0.349 e. The van der Waals surface area contributed by atoms with Crippen molar-refractivity contribution in [3.8, 4) is 0 Å². The van der Waals surface area contributed by atoms with E-state index in [1.165, 1.54) is 0 Å². The van der Waals surface area contributed by atoms with Gasteiger partial charge in [-0.3, -0.25) is 4.21 Å². The average Bonchev–Trinajstić information content (AvgIpc) is 2.40. The smallest absolute Gasteiger partial charge is 0.169 e. The molecule has 0 amide bonds. The molecule has 1 rings (SSSR count). The van der Waals surface area contributed by atoms with Gasteiger partial charge in [0.1, 0.15) is 0 Å². The van der Waals surface area contributed by atoms with Crippen LogP contribution in [-0.2, 0) is 20.3 Å². The highest BCUT2D eigenvalue weighted by Crippen LogP contribution is 2.04. The summed E-state index contributed by atoms with van der Waals surface area (Å²) in [5.74, 6) is 1.21. The standard InChI is InChI=1S/C6H12O3S/c1-2-10(7)5-6-8-3-4-9-6/h6H,2-5H2,1H3. The van der Waals surface area contributed by atoms with E-state index in [9.17, 15) is 4.21 Å². The Morgan fingerprint density at radius 1 is 1.50 bits per heavy atom. The van der Waals surface area contributed by atoms with Crippen LogP contribution in [0.25, 0.3) is 0 Å². The van der Waals surface area contributed by atoms with Crippen LogP contribution in [0, 0.1) is 0 Å². The van der Waals surface area contributed by atoms with E-state index in [4.69, 9.17) is 9.47 Å². The van der Waals surface area contributed by atoms with E-state index in [-0.39, 0.29) is 6.29 Å². The quantitative estimate of drug-likeness (QED) is 0.594. The van der Waals surface area contributed by atoms with Crippen LogP contribution in [-0.4, -0.2) is 35.2 Å². The zero-order valence-electron chi connectivity index (χ0n) is 6.04. The Labute approximate surface area is 63.2 Å². The molecule has 0 spiro atoms. The van der Waals surface area contributed by atoms with Crippen LogP contribution in [0.15, 0.2) is 0 Å². The Kier molecular flexibility index (Phi) is 3.31. The van der Waals surface area contributed by atoms with Crippen molar-refractivity contribution in [1.82, 2.24) is 0 Å². The van der Waals surface area contributed by atoms with E-state index in [0.717, 1.165) is 0 Å². The van der Waals surface area contributed by atoms with Crippen molar-refractivity contribution in [1.29, 1.82) is 0 Å². The summed E-state index contributed by atoms with van der Waals surface area (Å²) in [7, 11) is -0.767. The van der Waals surface area contributed by atoms with Crippen molar-refractivity contribution in [3.63, 3.8) is 0 Å². The minimum absolute atomic E-state index is 0.208. The highest BCUT2D eigenvalue weighted by atomic mass is 32.2. The predicted molar refractivity (Wildman–Crippen MR) is 39.2 cm³/mol. The third-order valence-electron chi connectivity index (χ3n) is 1.33. The SMILES string of the molecule is CCS(=O)CC1OCCO1. The molecular formula is C6H12O3S. The fourth-order valence-corrected chi connectivity index (χ4v) is 1.50. The van der Waals surface area contributed by atoms with Gasteiger partial charge < -0.3 is 9.47 Å². The summed E-state index contributed by atoms with van der Waals surface area (Å²) in [5.41, 5.74) is 0. The van der Waals surface area contributed by atoms with Crippen molar-refractivity contribution in [2.45, 2.75) is 13.2 Å². The van der Waals surface area contributed by atoms with E-state index in [0.29, 0.717) is 24.7 Å². The molecule has 1 heterocycles. The van der Waals surface area contributed by atoms with E-state index in [1.807, 2.05) is 6.92 Å². The maximum Gasteiger partial charge on any atom is 0.169 e. The predicted octanol–water partition coefficient (Wildman–Crippen LogP) is 0.128. The topological polar surface area (TPSA) is 35.5 Å². The van der Waals surface area contributed by atoms with E-state index in [1.54, 1.807) is 0 Å². The Balaban J connectivity index is 2.17. The molecular weight excluding hydrogens is 152 g/mol.